The lowest BCUT2D eigenvalue weighted by Gasteiger charge is -2.20. The molecule has 0 fully saturated rings. The molecule has 1 aliphatic heterocycles. The highest BCUT2D eigenvalue weighted by Gasteiger charge is 2.28. The van der Waals surface area contributed by atoms with Gasteiger partial charge >= 0.3 is 0 Å². The maximum atomic E-state index is 11.9. The zero-order valence-electron chi connectivity index (χ0n) is 10.3. The molecule has 0 saturated heterocycles. The SMILES string of the molecule is COC(C)(C)C(=O)Nc1nc2c(s1)CNCC2. The summed E-state index contributed by atoms with van der Waals surface area (Å²) in [4.78, 5) is 17.5. The summed E-state index contributed by atoms with van der Waals surface area (Å²) in [5.74, 6) is -0.168. The van der Waals surface area contributed by atoms with E-state index in [1.165, 1.54) is 23.3 Å². The summed E-state index contributed by atoms with van der Waals surface area (Å²) >= 11 is 1.53. The monoisotopic (exact) mass is 255 g/mol. The summed E-state index contributed by atoms with van der Waals surface area (Å²) < 4.78 is 5.13. The quantitative estimate of drug-likeness (QED) is 0.850. The third kappa shape index (κ3) is 2.65. The molecule has 1 aromatic rings. The van der Waals surface area contributed by atoms with E-state index in [0.717, 1.165) is 25.2 Å². The fourth-order valence-electron chi connectivity index (χ4n) is 1.52. The first kappa shape index (κ1) is 12.5. The molecule has 2 rings (SSSR count). The molecular weight excluding hydrogens is 238 g/mol. The molecule has 0 radical (unpaired) electrons. The number of nitrogens with zero attached hydrogens (tertiary/aromatic N) is 1. The smallest absolute Gasteiger partial charge is 0.257 e. The minimum Gasteiger partial charge on any atom is -0.369 e. The molecule has 0 bridgehead atoms. The molecule has 2 N–H and O–H groups in total. The van der Waals surface area contributed by atoms with Gasteiger partial charge in [-0.15, -0.1) is 11.3 Å². The lowest BCUT2D eigenvalue weighted by molar-refractivity contribution is -0.133. The van der Waals surface area contributed by atoms with Crippen molar-refractivity contribution in [3.05, 3.63) is 10.6 Å². The van der Waals surface area contributed by atoms with Crippen LogP contribution in [0.2, 0.25) is 0 Å². The first-order chi connectivity index (χ1) is 8.03. The fourth-order valence-corrected chi connectivity index (χ4v) is 2.49. The van der Waals surface area contributed by atoms with Crippen LogP contribution in [0.25, 0.3) is 0 Å². The Balaban J connectivity index is 2.09. The lowest BCUT2D eigenvalue weighted by atomic mass is 10.1. The van der Waals surface area contributed by atoms with Gasteiger partial charge in [0.15, 0.2) is 5.13 Å². The number of rotatable bonds is 3. The van der Waals surface area contributed by atoms with Crippen LogP contribution in [-0.4, -0.2) is 30.1 Å². The van der Waals surface area contributed by atoms with E-state index in [2.05, 4.69) is 15.6 Å². The predicted molar refractivity (Wildman–Crippen MR) is 67.2 cm³/mol. The van der Waals surface area contributed by atoms with E-state index in [4.69, 9.17) is 4.74 Å². The van der Waals surface area contributed by atoms with E-state index >= 15 is 0 Å². The van der Waals surface area contributed by atoms with Gasteiger partial charge in [-0.1, -0.05) is 0 Å². The zero-order valence-corrected chi connectivity index (χ0v) is 11.1. The number of amides is 1. The van der Waals surface area contributed by atoms with Crippen molar-refractivity contribution in [1.82, 2.24) is 10.3 Å². The minimum absolute atomic E-state index is 0.168. The third-order valence-corrected chi connectivity index (χ3v) is 3.89. The Labute approximate surface area is 105 Å². The van der Waals surface area contributed by atoms with Gasteiger partial charge in [-0.3, -0.25) is 10.1 Å². The predicted octanol–water partition coefficient (Wildman–Crippen LogP) is 1.15. The molecule has 94 valence electrons. The highest BCUT2D eigenvalue weighted by atomic mass is 32.1. The normalized spacial score (nSPS) is 15.5. The maximum Gasteiger partial charge on any atom is 0.257 e. The molecule has 17 heavy (non-hydrogen) atoms. The number of hydrogen-bond acceptors (Lipinski definition) is 5. The van der Waals surface area contributed by atoms with E-state index in [9.17, 15) is 4.79 Å². The number of carbonyl (C=O) groups excluding carboxylic acids is 1. The number of hydrogen-bond donors (Lipinski definition) is 2. The van der Waals surface area contributed by atoms with Crippen molar-refractivity contribution >= 4 is 22.4 Å². The summed E-state index contributed by atoms with van der Waals surface area (Å²) in [5, 5.41) is 6.75. The first-order valence-corrected chi connectivity index (χ1v) is 6.40. The molecular formula is C11H17N3O2S. The molecule has 1 aromatic heterocycles. The van der Waals surface area contributed by atoms with Gasteiger partial charge in [-0.05, 0) is 13.8 Å². The van der Waals surface area contributed by atoms with Gasteiger partial charge in [0.2, 0.25) is 0 Å². The summed E-state index contributed by atoms with van der Waals surface area (Å²) in [6, 6.07) is 0. The van der Waals surface area contributed by atoms with Crippen molar-refractivity contribution in [1.29, 1.82) is 0 Å². The zero-order chi connectivity index (χ0) is 12.5. The van der Waals surface area contributed by atoms with Crippen LogP contribution >= 0.6 is 11.3 Å². The highest BCUT2D eigenvalue weighted by molar-refractivity contribution is 7.15. The molecule has 0 saturated carbocycles. The molecule has 0 aliphatic carbocycles. The summed E-state index contributed by atoms with van der Waals surface area (Å²) in [6.07, 6.45) is 0.926. The molecule has 6 heteroatoms. The number of methoxy groups -OCH3 is 1. The number of carbonyl (C=O) groups is 1. The van der Waals surface area contributed by atoms with Crippen LogP contribution in [0, 0.1) is 0 Å². The molecule has 0 atom stereocenters. The average Bonchev–Trinajstić information content (AvgIpc) is 2.70. The fraction of sp³-hybridized carbons (Fsp3) is 0.636. The van der Waals surface area contributed by atoms with Crippen LogP contribution in [0.15, 0.2) is 0 Å². The second-order valence-corrected chi connectivity index (χ2v) is 5.57. The topological polar surface area (TPSA) is 63.2 Å². The molecule has 0 aromatic carbocycles. The number of fused-ring (bicyclic) bond motifs is 1. The lowest BCUT2D eigenvalue weighted by Crippen LogP contribution is -2.38. The van der Waals surface area contributed by atoms with Crippen LogP contribution in [0.5, 0.6) is 0 Å². The number of nitrogens with one attached hydrogen (secondary N) is 2. The Morgan fingerprint density at radius 2 is 2.35 bits per heavy atom. The Morgan fingerprint density at radius 1 is 1.59 bits per heavy atom. The van der Waals surface area contributed by atoms with Crippen molar-refractivity contribution < 1.29 is 9.53 Å². The van der Waals surface area contributed by atoms with Gasteiger partial charge in [-0.2, -0.15) is 0 Å². The molecule has 2 heterocycles. The van der Waals surface area contributed by atoms with E-state index in [1.54, 1.807) is 13.8 Å². The van der Waals surface area contributed by atoms with Gasteiger partial charge in [0.1, 0.15) is 5.60 Å². The number of ether oxygens (including phenoxy) is 1. The van der Waals surface area contributed by atoms with E-state index in [0.29, 0.717) is 5.13 Å². The summed E-state index contributed by atoms with van der Waals surface area (Å²) in [5.41, 5.74) is 0.268. The molecule has 0 spiro atoms. The van der Waals surface area contributed by atoms with Crippen LogP contribution in [0.3, 0.4) is 0 Å². The van der Waals surface area contributed by atoms with Crippen LogP contribution in [-0.2, 0) is 22.5 Å². The first-order valence-electron chi connectivity index (χ1n) is 5.59. The number of aromatic nitrogens is 1. The van der Waals surface area contributed by atoms with Gasteiger partial charge in [0, 0.05) is 31.5 Å². The van der Waals surface area contributed by atoms with E-state index in [-0.39, 0.29) is 5.91 Å². The minimum atomic E-state index is -0.829. The van der Waals surface area contributed by atoms with Crippen molar-refractivity contribution in [2.45, 2.75) is 32.4 Å². The average molecular weight is 255 g/mol. The highest BCUT2D eigenvalue weighted by Crippen LogP contribution is 2.26. The Kier molecular flexibility index (Phi) is 3.46. The molecule has 0 unspecified atom stereocenters. The van der Waals surface area contributed by atoms with Gasteiger partial charge in [-0.25, -0.2) is 4.98 Å². The number of thiazole rings is 1. The Morgan fingerprint density at radius 3 is 3.00 bits per heavy atom. The van der Waals surface area contributed by atoms with Crippen molar-refractivity contribution in [2.24, 2.45) is 0 Å². The van der Waals surface area contributed by atoms with Crippen molar-refractivity contribution in [2.75, 3.05) is 19.0 Å². The second-order valence-electron chi connectivity index (χ2n) is 4.48. The van der Waals surface area contributed by atoms with Crippen molar-refractivity contribution in [3.8, 4) is 0 Å². The van der Waals surface area contributed by atoms with Gasteiger partial charge in [0.05, 0.1) is 5.69 Å². The van der Waals surface area contributed by atoms with Crippen LogP contribution in [0.1, 0.15) is 24.4 Å². The van der Waals surface area contributed by atoms with Crippen molar-refractivity contribution in [3.63, 3.8) is 0 Å². The number of anilines is 1. The molecule has 5 nitrogen and oxygen atoms in total. The standard InChI is InChI=1S/C11H17N3O2S/c1-11(2,16-3)9(15)14-10-13-7-4-5-12-6-8(7)17-10/h12H,4-6H2,1-3H3,(H,13,14,15). The van der Waals surface area contributed by atoms with Gasteiger partial charge in [0.25, 0.3) is 5.91 Å². The molecule has 1 amide bonds. The van der Waals surface area contributed by atoms with E-state index in [1.807, 2.05) is 0 Å². The van der Waals surface area contributed by atoms with Crippen LogP contribution < -0.4 is 10.6 Å². The molecule has 1 aliphatic rings. The Bertz CT molecular complexity index is 405. The third-order valence-electron chi connectivity index (χ3n) is 2.88. The summed E-state index contributed by atoms with van der Waals surface area (Å²) in [6.45, 7) is 5.26. The largest absolute Gasteiger partial charge is 0.369 e. The summed E-state index contributed by atoms with van der Waals surface area (Å²) in [7, 11) is 1.52. The van der Waals surface area contributed by atoms with Crippen LogP contribution in [0.4, 0.5) is 5.13 Å². The van der Waals surface area contributed by atoms with Gasteiger partial charge < -0.3 is 10.1 Å². The van der Waals surface area contributed by atoms with E-state index < -0.39 is 5.60 Å². The Hall–Kier alpha value is -0.980. The maximum absolute atomic E-state index is 11.9. The second kappa shape index (κ2) is 4.72.